The zero-order valence-electron chi connectivity index (χ0n) is 11.4. The van der Waals surface area contributed by atoms with Crippen molar-refractivity contribution in [2.24, 2.45) is 5.92 Å². The molecule has 1 amide bonds. The van der Waals surface area contributed by atoms with Crippen molar-refractivity contribution in [3.05, 3.63) is 46.5 Å². The second-order valence-corrected chi connectivity index (χ2v) is 4.91. The van der Waals surface area contributed by atoms with Crippen LogP contribution in [0.1, 0.15) is 24.2 Å². The number of aromatic nitrogens is 2. The van der Waals surface area contributed by atoms with Gasteiger partial charge in [-0.2, -0.15) is 0 Å². The quantitative estimate of drug-likeness (QED) is 0.848. The molecule has 0 bridgehead atoms. The van der Waals surface area contributed by atoms with E-state index >= 15 is 0 Å². The van der Waals surface area contributed by atoms with Gasteiger partial charge in [-0.3, -0.25) is 14.0 Å². The average molecular weight is 275 g/mol. The maximum atomic E-state index is 12.2. The number of aliphatic hydroxyl groups excluding tert-OH is 1. The lowest BCUT2D eigenvalue weighted by Gasteiger charge is -2.19. The number of pyridine rings is 1. The summed E-state index contributed by atoms with van der Waals surface area (Å²) in [4.78, 5) is 28.4. The van der Waals surface area contributed by atoms with Crippen LogP contribution >= 0.6 is 0 Å². The summed E-state index contributed by atoms with van der Waals surface area (Å²) in [5.41, 5.74) is 0.0259. The number of carbonyl (C=O) groups excluding carboxylic acids is 1. The summed E-state index contributed by atoms with van der Waals surface area (Å²) in [5.74, 6) is -0.450. The van der Waals surface area contributed by atoms with E-state index in [0.29, 0.717) is 5.65 Å². The third-order valence-corrected chi connectivity index (χ3v) is 3.18. The fourth-order valence-corrected chi connectivity index (χ4v) is 1.85. The maximum Gasteiger partial charge on any atom is 0.270 e. The summed E-state index contributed by atoms with van der Waals surface area (Å²) in [5, 5.41) is 11.9. The largest absolute Gasteiger partial charge is 0.394 e. The summed E-state index contributed by atoms with van der Waals surface area (Å²) in [7, 11) is 0. The van der Waals surface area contributed by atoms with Crippen molar-refractivity contribution in [1.82, 2.24) is 14.7 Å². The second-order valence-electron chi connectivity index (χ2n) is 4.91. The Bertz CT molecular complexity index is 679. The highest BCUT2D eigenvalue weighted by Gasteiger charge is 2.19. The Morgan fingerprint density at radius 3 is 2.85 bits per heavy atom. The minimum atomic E-state index is -0.520. The summed E-state index contributed by atoms with van der Waals surface area (Å²) in [6.07, 6.45) is 2.83. The molecule has 2 rings (SSSR count). The molecule has 2 aromatic rings. The Morgan fingerprint density at radius 1 is 1.45 bits per heavy atom. The Kier molecular flexibility index (Phi) is 4.14. The van der Waals surface area contributed by atoms with E-state index in [1.807, 2.05) is 13.8 Å². The molecule has 20 heavy (non-hydrogen) atoms. The highest BCUT2D eigenvalue weighted by molar-refractivity contribution is 5.93. The second kappa shape index (κ2) is 5.83. The molecule has 106 valence electrons. The Hall–Kier alpha value is -2.21. The summed E-state index contributed by atoms with van der Waals surface area (Å²) in [6, 6.07) is 4.76. The molecule has 0 aliphatic heterocycles. The van der Waals surface area contributed by atoms with Gasteiger partial charge in [0.05, 0.1) is 12.6 Å². The first-order valence-corrected chi connectivity index (χ1v) is 6.42. The summed E-state index contributed by atoms with van der Waals surface area (Å²) in [6.45, 7) is 3.59. The third kappa shape index (κ3) is 2.70. The zero-order valence-corrected chi connectivity index (χ0v) is 11.4. The number of hydrogen-bond donors (Lipinski definition) is 2. The van der Waals surface area contributed by atoms with Crippen molar-refractivity contribution < 1.29 is 9.90 Å². The van der Waals surface area contributed by atoms with Gasteiger partial charge in [0, 0.05) is 12.4 Å². The average Bonchev–Trinajstić information content (AvgIpc) is 2.44. The molecule has 0 spiro atoms. The van der Waals surface area contributed by atoms with Gasteiger partial charge in [0.1, 0.15) is 11.2 Å². The van der Waals surface area contributed by atoms with E-state index < -0.39 is 17.5 Å². The van der Waals surface area contributed by atoms with Gasteiger partial charge in [-0.15, -0.1) is 0 Å². The van der Waals surface area contributed by atoms with Gasteiger partial charge in [-0.25, -0.2) is 4.98 Å². The molecule has 0 aromatic carbocycles. The molecule has 0 aliphatic rings. The van der Waals surface area contributed by atoms with Gasteiger partial charge in [-0.1, -0.05) is 19.9 Å². The van der Waals surface area contributed by atoms with Crippen LogP contribution in [0.3, 0.4) is 0 Å². The molecular formula is C14H17N3O3. The van der Waals surface area contributed by atoms with E-state index in [1.54, 1.807) is 24.4 Å². The van der Waals surface area contributed by atoms with Gasteiger partial charge in [0.25, 0.3) is 11.5 Å². The number of nitrogens with one attached hydrogen (secondary N) is 1. The number of hydrogen-bond acceptors (Lipinski definition) is 4. The zero-order chi connectivity index (χ0) is 14.7. The molecule has 1 atom stereocenters. The Labute approximate surface area is 116 Å². The summed E-state index contributed by atoms with van der Waals surface area (Å²) < 4.78 is 1.32. The smallest absolute Gasteiger partial charge is 0.270 e. The van der Waals surface area contributed by atoms with Crippen molar-refractivity contribution in [3.63, 3.8) is 0 Å². The molecule has 0 saturated carbocycles. The molecule has 0 radical (unpaired) electrons. The predicted octanol–water partition coefficient (Wildman–Crippen LogP) is 0.441. The first-order valence-electron chi connectivity index (χ1n) is 6.42. The van der Waals surface area contributed by atoms with Crippen molar-refractivity contribution in [2.45, 2.75) is 19.9 Å². The van der Waals surface area contributed by atoms with Gasteiger partial charge in [-0.05, 0) is 18.1 Å². The van der Waals surface area contributed by atoms with Crippen LogP contribution in [0.4, 0.5) is 0 Å². The number of aliphatic hydroxyl groups is 1. The van der Waals surface area contributed by atoms with Crippen molar-refractivity contribution in [1.29, 1.82) is 0 Å². The van der Waals surface area contributed by atoms with Gasteiger partial charge < -0.3 is 10.4 Å². The van der Waals surface area contributed by atoms with Crippen LogP contribution in [-0.2, 0) is 0 Å². The van der Waals surface area contributed by atoms with Gasteiger partial charge in [0.2, 0.25) is 0 Å². The van der Waals surface area contributed by atoms with Crippen LogP contribution in [-0.4, -0.2) is 33.0 Å². The van der Waals surface area contributed by atoms with E-state index in [1.165, 1.54) is 10.6 Å². The number of nitrogens with zero attached hydrogens (tertiary/aromatic N) is 2. The molecule has 0 aliphatic carbocycles. The lowest BCUT2D eigenvalue weighted by atomic mass is 10.1. The first-order chi connectivity index (χ1) is 9.54. The first kappa shape index (κ1) is 14.2. The van der Waals surface area contributed by atoms with E-state index in [-0.39, 0.29) is 18.1 Å². The van der Waals surface area contributed by atoms with Crippen molar-refractivity contribution in [3.8, 4) is 0 Å². The van der Waals surface area contributed by atoms with Crippen molar-refractivity contribution >= 4 is 11.6 Å². The van der Waals surface area contributed by atoms with E-state index in [4.69, 9.17) is 0 Å². The minimum Gasteiger partial charge on any atom is -0.394 e. The molecule has 2 N–H and O–H groups in total. The third-order valence-electron chi connectivity index (χ3n) is 3.18. The van der Waals surface area contributed by atoms with Crippen LogP contribution in [0.25, 0.3) is 5.65 Å². The molecule has 2 heterocycles. The number of rotatable bonds is 4. The Balaban J connectivity index is 2.36. The lowest BCUT2D eigenvalue weighted by Crippen LogP contribution is -2.43. The minimum absolute atomic E-state index is 0.0344. The summed E-state index contributed by atoms with van der Waals surface area (Å²) >= 11 is 0. The van der Waals surface area contributed by atoms with E-state index in [9.17, 15) is 14.7 Å². The molecule has 6 heteroatoms. The molecule has 6 nitrogen and oxygen atoms in total. The molecule has 0 unspecified atom stereocenters. The van der Waals surface area contributed by atoms with Crippen LogP contribution in [0.15, 0.2) is 35.4 Å². The SMILES string of the molecule is CC(C)[C@@H](CO)NC(=O)c1cnc2ccccn2c1=O. The van der Waals surface area contributed by atoms with Gasteiger partial charge in [0.15, 0.2) is 0 Å². The monoisotopic (exact) mass is 275 g/mol. The fourth-order valence-electron chi connectivity index (χ4n) is 1.85. The van der Waals surface area contributed by atoms with E-state index in [0.717, 1.165) is 0 Å². The van der Waals surface area contributed by atoms with Crippen LogP contribution in [0.5, 0.6) is 0 Å². The predicted molar refractivity (Wildman–Crippen MR) is 74.6 cm³/mol. The standard InChI is InChI=1S/C14H17N3O3/c1-9(2)11(8-18)16-13(19)10-7-15-12-5-3-4-6-17(12)14(10)20/h3-7,9,11,18H,8H2,1-2H3,(H,16,19)/t11-/m1/s1. The van der Waals surface area contributed by atoms with Crippen LogP contribution in [0.2, 0.25) is 0 Å². The van der Waals surface area contributed by atoms with Crippen molar-refractivity contribution in [2.75, 3.05) is 6.61 Å². The van der Waals surface area contributed by atoms with E-state index in [2.05, 4.69) is 10.3 Å². The highest BCUT2D eigenvalue weighted by Crippen LogP contribution is 2.03. The molecule has 2 aromatic heterocycles. The number of amides is 1. The molecule has 0 fully saturated rings. The van der Waals surface area contributed by atoms with Crippen LogP contribution in [0, 0.1) is 5.92 Å². The molecule has 0 saturated heterocycles. The topological polar surface area (TPSA) is 83.7 Å². The fraction of sp³-hybridized carbons (Fsp3) is 0.357. The van der Waals surface area contributed by atoms with Gasteiger partial charge >= 0.3 is 0 Å². The normalized spacial score (nSPS) is 12.6. The highest BCUT2D eigenvalue weighted by atomic mass is 16.3. The lowest BCUT2D eigenvalue weighted by molar-refractivity contribution is 0.0895. The number of carbonyl (C=O) groups is 1. The maximum absolute atomic E-state index is 12.2. The van der Waals surface area contributed by atoms with Crippen LogP contribution < -0.4 is 10.9 Å². The Morgan fingerprint density at radius 2 is 2.20 bits per heavy atom. The molecular weight excluding hydrogens is 258 g/mol. The number of fused-ring (bicyclic) bond motifs is 1.